The van der Waals surface area contributed by atoms with Gasteiger partial charge in [0.15, 0.2) is 0 Å². The molecule has 0 heterocycles. The molecule has 0 aromatic heterocycles. The molecule has 1 aliphatic rings. The standard InChI is InChI=1S/C17H15ClN2O3/c18-13-5-1-4-12(10-13)17(8-3-9-17)16(21)19-14-6-2-7-15(11-14)20(22)23/h1-2,4-7,10-11H,3,8-9H2,(H,19,21). The van der Waals surface area contributed by atoms with E-state index in [1.165, 1.54) is 12.1 Å². The third kappa shape index (κ3) is 2.92. The van der Waals surface area contributed by atoms with Gasteiger partial charge in [0.25, 0.3) is 5.69 Å². The lowest BCUT2D eigenvalue weighted by Gasteiger charge is -2.40. The smallest absolute Gasteiger partial charge is 0.271 e. The first-order chi connectivity index (χ1) is 11.0. The lowest BCUT2D eigenvalue weighted by Crippen LogP contribution is -2.46. The zero-order valence-corrected chi connectivity index (χ0v) is 13.0. The molecule has 1 amide bonds. The first kappa shape index (κ1) is 15.5. The number of carbonyl (C=O) groups excluding carboxylic acids is 1. The van der Waals surface area contributed by atoms with Crippen molar-refractivity contribution < 1.29 is 9.72 Å². The van der Waals surface area contributed by atoms with Crippen molar-refractivity contribution in [3.8, 4) is 0 Å². The molecule has 3 rings (SSSR count). The van der Waals surface area contributed by atoms with Crippen molar-refractivity contribution in [1.82, 2.24) is 0 Å². The van der Waals surface area contributed by atoms with Crippen LogP contribution in [0.25, 0.3) is 0 Å². The minimum absolute atomic E-state index is 0.0479. The summed E-state index contributed by atoms with van der Waals surface area (Å²) in [6.07, 6.45) is 2.46. The molecule has 0 aliphatic heterocycles. The van der Waals surface area contributed by atoms with Crippen molar-refractivity contribution in [1.29, 1.82) is 0 Å². The first-order valence-corrected chi connectivity index (χ1v) is 7.71. The Balaban J connectivity index is 1.86. The van der Waals surface area contributed by atoms with E-state index in [1.54, 1.807) is 18.2 Å². The molecule has 118 valence electrons. The van der Waals surface area contributed by atoms with Gasteiger partial charge in [-0.15, -0.1) is 0 Å². The maximum atomic E-state index is 12.8. The monoisotopic (exact) mass is 330 g/mol. The van der Waals surface area contributed by atoms with Crippen LogP contribution in [-0.4, -0.2) is 10.8 Å². The van der Waals surface area contributed by atoms with Gasteiger partial charge < -0.3 is 5.32 Å². The van der Waals surface area contributed by atoms with Gasteiger partial charge in [-0.2, -0.15) is 0 Å². The van der Waals surface area contributed by atoms with Crippen molar-refractivity contribution in [3.05, 3.63) is 69.2 Å². The van der Waals surface area contributed by atoms with Gasteiger partial charge in [-0.25, -0.2) is 0 Å². The maximum Gasteiger partial charge on any atom is 0.271 e. The van der Waals surface area contributed by atoms with Gasteiger partial charge in [-0.1, -0.05) is 36.2 Å². The normalized spacial score (nSPS) is 15.5. The maximum absolute atomic E-state index is 12.8. The van der Waals surface area contributed by atoms with Crippen molar-refractivity contribution in [2.45, 2.75) is 24.7 Å². The van der Waals surface area contributed by atoms with Gasteiger partial charge in [0, 0.05) is 22.8 Å². The molecule has 5 nitrogen and oxygen atoms in total. The molecule has 1 saturated carbocycles. The van der Waals surface area contributed by atoms with Gasteiger partial charge in [0.2, 0.25) is 5.91 Å². The van der Waals surface area contributed by atoms with Gasteiger partial charge in [0.05, 0.1) is 10.3 Å². The molecule has 0 saturated heterocycles. The zero-order valence-electron chi connectivity index (χ0n) is 12.3. The predicted molar refractivity (Wildman–Crippen MR) is 88.7 cm³/mol. The molecule has 0 radical (unpaired) electrons. The number of hydrogen-bond donors (Lipinski definition) is 1. The number of non-ortho nitro benzene ring substituents is 1. The van der Waals surface area contributed by atoms with Crippen LogP contribution in [0, 0.1) is 10.1 Å². The second kappa shape index (κ2) is 6.01. The van der Waals surface area contributed by atoms with Crippen LogP contribution in [0.4, 0.5) is 11.4 Å². The van der Waals surface area contributed by atoms with Gasteiger partial charge >= 0.3 is 0 Å². The molecule has 0 unspecified atom stereocenters. The van der Waals surface area contributed by atoms with E-state index < -0.39 is 10.3 Å². The van der Waals surface area contributed by atoms with Crippen LogP contribution >= 0.6 is 11.6 Å². The number of rotatable bonds is 4. The third-order valence-electron chi connectivity index (χ3n) is 4.33. The lowest BCUT2D eigenvalue weighted by atomic mass is 9.64. The number of halogens is 1. The summed E-state index contributed by atoms with van der Waals surface area (Å²) in [5.74, 6) is -0.147. The fourth-order valence-corrected chi connectivity index (χ4v) is 3.10. The fraction of sp³-hybridized carbons (Fsp3) is 0.235. The van der Waals surface area contributed by atoms with Gasteiger partial charge in [-0.05, 0) is 36.6 Å². The summed E-state index contributed by atoms with van der Waals surface area (Å²) in [5.41, 5.74) is 0.667. The number of hydrogen-bond acceptors (Lipinski definition) is 3. The van der Waals surface area contributed by atoms with Crippen LogP contribution in [0.3, 0.4) is 0 Å². The molecule has 0 spiro atoms. The highest BCUT2D eigenvalue weighted by Crippen LogP contribution is 2.45. The van der Waals surface area contributed by atoms with Crippen molar-refractivity contribution in [3.63, 3.8) is 0 Å². The molecule has 2 aromatic rings. The van der Waals surface area contributed by atoms with E-state index in [4.69, 9.17) is 11.6 Å². The second-order valence-corrected chi connectivity index (χ2v) is 6.14. The molecule has 2 aromatic carbocycles. The summed E-state index contributed by atoms with van der Waals surface area (Å²) in [4.78, 5) is 23.1. The minimum Gasteiger partial charge on any atom is -0.325 e. The number of nitrogens with one attached hydrogen (secondary N) is 1. The minimum atomic E-state index is -0.602. The fourth-order valence-electron chi connectivity index (χ4n) is 2.91. The number of anilines is 1. The Bertz CT molecular complexity index is 772. The van der Waals surface area contributed by atoms with Crippen LogP contribution in [0.15, 0.2) is 48.5 Å². The molecule has 1 aliphatic carbocycles. The van der Waals surface area contributed by atoms with Gasteiger partial charge in [-0.3, -0.25) is 14.9 Å². The molecule has 0 atom stereocenters. The third-order valence-corrected chi connectivity index (χ3v) is 4.57. The molecule has 1 N–H and O–H groups in total. The predicted octanol–water partition coefficient (Wildman–Crippen LogP) is 4.31. The highest BCUT2D eigenvalue weighted by Gasteiger charge is 2.45. The van der Waals surface area contributed by atoms with Gasteiger partial charge in [0.1, 0.15) is 0 Å². The zero-order chi connectivity index (χ0) is 16.4. The number of nitrogens with zero attached hydrogens (tertiary/aromatic N) is 1. The highest BCUT2D eigenvalue weighted by atomic mass is 35.5. The number of amides is 1. The van der Waals surface area contributed by atoms with E-state index in [9.17, 15) is 14.9 Å². The SMILES string of the molecule is O=C(Nc1cccc([N+](=O)[O-])c1)C1(c2cccc(Cl)c2)CCC1. The average Bonchev–Trinajstić information content (AvgIpc) is 2.46. The quantitative estimate of drug-likeness (QED) is 0.670. The van der Waals surface area contributed by atoms with Crippen LogP contribution in [0.1, 0.15) is 24.8 Å². The van der Waals surface area contributed by atoms with Crippen molar-refractivity contribution in [2.75, 3.05) is 5.32 Å². The number of benzene rings is 2. The highest BCUT2D eigenvalue weighted by molar-refractivity contribution is 6.30. The summed E-state index contributed by atoms with van der Waals surface area (Å²) in [6.45, 7) is 0. The Morgan fingerprint density at radius 3 is 2.52 bits per heavy atom. The molecule has 23 heavy (non-hydrogen) atoms. The summed E-state index contributed by atoms with van der Waals surface area (Å²) < 4.78 is 0. The van der Waals surface area contributed by atoms with Crippen LogP contribution < -0.4 is 5.32 Å². The first-order valence-electron chi connectivity index (χ1n) is 7.33. The summed E-state index contributed by atoms with van der Waals surface area (Å²) in [6, 6.07) is 13.3. The average molecular weight is 331 g/mol. The topological polar surface area (TPSA) is 72.2 Å². The summed E-state index contributed by atoms with van der Waals surface area (Å²) in [7, 11) is 0. The van der Waals surface area contributed by atoms with Crippen LogP contribution in [-0.2, 0) is 10.2 Å². The van der Waals surface area contributed by atoms with E-state index in [0.29, 0.717) is 10.7 Å². The molecular weight excluding hydrogens is 316 g/mol. The molecule has 1 fully saturated rings. The second-order valence-electron chi connectivity index (χ2n) is 5.71. The van der Waals surface area contributed by atoms with Crippen LogP contribution in [0.2, 0.25) is 5.02 Å². The summed E-state index contributed by atoms with van der Waals surface area (Å²) in [5, 5.41) is 14.2. The van der Waals surface area contributed by atoms with E-state index in [1.807, 2.05) is 18.2 Å². The Morgan fingerprint density at radius 1 is 1.17 bits per heavy atom. The van der Waals surface area contributed by atoms with Crippen molar-refractivity contribution in [2.24, 2.45) is 0 Å². The van der Waals surface area contributed by atoms with Crippen molar-refractivity contribution >= 4 is 28.9 Å². The Morgan fingerprint density at radius 2 is 1.91 bits per heavy atom. The Labute approximate surface area is 138 Å². The Kier molecular flexibility index (Phi) is 4.05. The number of nitro groups is 1. The molecule has 0 bridgehead atoms. The van der Waals surface area contributed by atoms with E-state index in [2.05, 4.69) is 5.32 Å². The van der Waals surface area contributed by atoms with E-state index in [0.717, 1.165) is 24.8 Å². The van der Waals surface area contributed by atoms with E-state index in [-0.39, 0.29) is 11.6 Å². The van der Waals surface area contributed by atoms with Crippen LogP contribution in [0.5, 0.6) is 0 Å². The Hall–Kier alpha value is -2.40. The van der Waals surface area contributed by atoms with E-state index >= 15 is 0 Å². The largest absolute Gasteiger partial charge is 0.325 e. The molecule has 6 heteroatoms. The summed E-state index contributed by atoms with van der Waals surface area (Å²) >= 11 is 6.05. The number of nitro benzene ring substituents is 1. The number of carbonyl (C=O) groups is 1. The molecular formula is C17H15ClN2O3. The lowest BCUT2D eigenvalue weighted by molar-refractivity contribution is -0.384.